The number of nitrogens with zero attached hydrogens (tertiary/aromatic N) is 1. The predicted molar refractivity (Wildman–Crippen MR) is 143 cm³/mol. The smallest absolute Gasteiger partial charge is 0.253 e. The summed E-state index contributed by atoms with van der Waals surface area (Å²) in [6.07, 6.45) is 3.63. The van der Waals surface area contributed by atoms with Gasteiger partial charge in [0.05, 0.1) is 29.4 Å². The number of carbonyl (C=O) groups excluding carboxylic acids is 2. The first-order valence-corrected chi connectivity index (χ1v) is 13.5. The number of para-hydroxylation sites is 1. The molecule has 192 valence electrons. The summed E-state index contributed by atoms with van der Waals surface area (Å²) in [6.45, 7) is 1.90. The van der Waals surface area contributed by atoms with E-state index in [4.69, 9.17) is 4.74 Å². The van der Waals surface area contributed by atoms with Crippen molar-refractivity contribution in [1.29, 1.82) is 0 Å². The summed E-state index contributed by atoms with van der Waals surface area (Å²) in [5, 5.41) is 5.64. The van der Waals surface area contributed by atoms with Gasteiger partial charge in [-0.15, -0.1) is 0 Å². The van der Waals surface area contributed by atoms with Crippen LogP contribution in [0.3, 0.4) is 0 Å². The Morgan fingerprint density at radius 3 is 2.30 bits per heavy atom. The summed E-state index contributed by atoms with van der Waals surface area (Å²) in [7, 11) is -3.57. The van der Waals surface area contributed by atoms with Crippen LogP contribution in [-0.4, -0.2) is 57.4 Å². The zero-order valence-electron chi connectivity index (χ0n) is 20.3. The van der Waals surface area contributed by atoms with E-state index >= 15 is 0 Å². The Kier molecular flexibility index (Phi) is 8.84. The van der Waals surface area contributed by atoms with Crippen LogP contribution >= 0.6 is 0 Å². The van der Waals surface area contributed by atoms with Crippen molar-refractivity contribution in [3.63, 3.8) is 0 Å². The van der Waals surface area contributed by atoms with Crippen molar-refractivity contribution in [3.05, 3.63) is 102 Å². The Morgan fingerprint density at radius 1 is 0.892 bits per heavy atom. The normalized spacial score (nSPS) is 14.4. The fraction of sp³-hybridized carbons (Fsp3) is 0.214. The predicted octanol–water partition coefficient (Wildman–Crippen LogP) is 3.33. The van der Waals surface area contributed by atoms with Gasteiger partial charge < -0.3 is 15.4 Å². The van der Waals surface area contributed by atoms with Gasteiger partial charge in [0.25, 0.3) is 5.91 Å². The van der Waals surface area contributed by atoms with Crippen molar-refractivity contribution >= 4 is 33.6 Å². The fourth-order valence-corrected chi connectivity index (χ4v) is 5.29. The molecule has 0 aromatic heterocycles. The number of nitrogens with one attached hydrogen (secondary N) is 2. The maximum atomic E-state index is 12.7. The number of anilines is 1. The molecule has 2 N–H and O–H groups in total. The minimum atomic E-state index is -3.57. The van der Waals surface area contributed by atoms with Crippen LogP contribution in [0.2, 0.25) is 0 Å². The van der Waals surface area contributed by atoms with E-state index in [1.165, 1.54) is 22.5 Å². The maximum absolute atomic E-state index is 12.7. The van der Waals surface area contributed by atoms with Gasteiger partial charge >= 0.3 is 0 Å². The van der Waals surface area contributed by atoms with Crippen LogP contribution in [0.5, 0.6) is 0 Å². The van der Waals surface area contributed by atoms with Crippen LogP contribution in [-0.2, 0) is 26.0 Å². The number of benzene rings is 3. The van der Waals surface area contributed by atoms with Gasteiger partial charge in [-0.05, 0) is 47.9 Å². The van der Waals surface area contributed by atoms with Crippen LogP contribution in [0.25, 0.3) is 6.08 Å². The quantitative estimate of drug-likeness (QED) is 0.422. The molecule has 0 spiro atoms. The molecule has 0 radical (unpaired) electrons. The third kappa shape index (κ3) is 7.13. The standard InChI is InChI=1S/C28H29N3O5S/c32-27(15-12-23-10-13-24(14-11-23)37(34,35)31-18-20-36-21-19-31)30-26-9-5-4-8-25(26)28(33)29-17-16-22-6-2-1-3-7-22/h1-15H,16-21H2,(H,29,33)(H,30,32)/b15-12+. The zero-order valence-corrected chi connectivity index (χ0v) is 21.1. The van der Waals surface area contributed by atoms with Gasteiger partial charge in [-0.25, -0.2) is 8.42 Å². The van der Waals surface area contributed by atoms with Crippen LogP contribution < -0.4 is 10.6 Å². The highest BCUT2D eigenvalue weighted by Crippen LogP contribution is 2.19. The lowest BCUT2D eigenvalue weighted by Crippen LogP contribution is -2.40. The molecule has 8 nitrogen and oxygen atoms in total. The molecule has 0 saturated carbocycles. The van der Waals surface area contributed by atoms with E-state index in [9.17, 15) is 18.0 Å². The van der Waals surface area contributed by atoms with E-state index in [-0.39, 0.29) is 10.8 Å². The first-order chi connectivity index (χ1) is 17.9. The average Bonchev–Trinajstić information content (AvgIpc) is 2.93. The van der Waals surface area contributed by atoms with Crippen LogP contribution in [0.15, 0.2) is 89.8 Å². The number of hydrogen-bond donors (Lipinski definition) is 2. The van der Waals surface area contributed by atoms with E-state index < -0.39 is 15.9 Å². The Hall–Kier alpha value is -3.79. The SMILES string of the molecule is O=C(/C=C/c1ccc(S(=O)(=O)N2CCOCC2)cc1)Nc1ccccc1C(=O)NCCc1ccccc1. The first-order valence-electron chi connectivity index (χ1n) is 12.0. The largest absolute Gasteiger partial charge is 0.379 e. The van der Waals surface area contributed by atoms with Crippen LogP contribution in [0, 0.1) is 0 Å². The Morgan fingerprint density at radius 2 is 1.57 bits per heavy atom. The van der Waals surface area contributed by atoms with Crippen molar-refractivity contribution in [2.24, 2.45) is 0 Å². The summed E-state index contributed by atoms with van der Waals surface area (Å²) in [5.41, 5.74) is 2.57. The number of hydrogen-bond acceptors (Lipinski definition) is 5. The van der Waals surface area contributed by atoms with Crippen molar-refractivity contribution < 1.29 is 22.7 Å². The van der Waals surface area contributed by atoms with Crippen molar-refractivity contribution in [2.45, 2.75) is 11.3 Å². The van der Waals surface area contributed by atoms with Crippen LogP contribution in [0.1, 0.15) is 21.5 Å². The Labute approximate surface area is 217 Å². The van der Waals surface area contributed by atoms with Gasteiger partial charge in [-0.1, -0.05) is 54.6 Å². The van der Waals surface area contributed by atoms with E-state index in [0.717, 1.165) is 5.56 Å². The molecule has 37 heavy (non-hydrogen) atoms. The molecule has 0 aliphatic carbocycles. The number of morpholine rings is 1. The van der Waals surface area contributed by atoms with Crippen molar-refractivity contribution in [3.8, 4) is 0 Å². The van der Waals surface area contributed by atoms with Gasteiger partial charge in [-0.3, -0.25) is 9.59 Å². The third-order valence-corrected chi connectivity index (χ3v) is 7.80. The molecule has 1 heterocycles. The minimum absolute atomic E-state index is 0.197. The number of carbonyl (C=O) groups is 2. The number of ether oxygens (including phenoxy) is 1. The molecule has 1 aliphatic heterocycles. The first kappa shape index (κ1) is 26.3. The second-order valence-electron chi connectivity index (χ2n) is 8.45. The second kappa shape index (κ2) is 12.4. The molecule has 0 bridgehead atoms. The minimum Gasteiger partial charge on any atom is -0.379 e. The monoisotopic (exact) mass is 519 g/mol. The maximum Gasteiger partial charge on any atom is 0.253 e. The molecular weight excluding hydrogens is 490 g/mol. The lowest BCUT2D eigenvalue weighted by molar-refractivity contribution is -0.111. The highest BCUT2D eigenvalue weighted by molar-refractivity contribution is 7.89. The third-order valence-electron chi connectivity index (χ3n) is 5.89. The zero-order chi connectivity index (χ0) is 26.1. The highest BCUT2D eigenvalue weighted by Gasteiger charge is 2.26. The van der Waals surface area contributed by atoms with E-state index in [0.29, 0.717) is 56.1 Å². The molecule has 0 unspecified atom stereocenters. The van der Waals surface area contributed by atoms with Gasteiger partial charge in [0, 0.05) is 25.7 Å². The molecule has 1 aliphatic rings. The molecule has 1 fully saturated rings. The Bertz CT molecular complexity index is 1350. The number of sulfonamides is 1. The molecule has 0 atom stereocenters. The summed E-state index contributed by atoms with van der Waals surface area (Å²) in [4.78, 5) is 25.4. The van der Waals surface area contributed by atoms with Gasteiger partial charge in [0.1, 0.15) is 0 Å². The highest BCUT2D eigenvalue weighted by atomic mass is 32.2. The Balaban J connectivity index is 1.34. The fourth-order valence-electron chi connectivity index (χ4n) is 3.88. The molecule has 4 rings (SSSR count). The lowest BCUT2D eigenvalue weighted by Gasteiger charge is -2.26. The summed E-state index contributed by atoms with van der Waals surface area (Å²) < 4.78 is 32.1. The lowest BCUT2D eigenvalue weighted by atomic mass is 10.1. The van der Waals surface area contributed by atoms with Crippen molar-refractivity contribution in [2.75, 3.05) is 38.2 Å². The molecule has 3 aromatic rings. The number of amides is 2. The van der Waals surface area contributed by atoms with E-state index in [1.807, 2.05) is 30.3 Å². The molecular formula is C28H29N3O5S. The van der Waals surface area contributed by atoms with Crippen molar-refractivity contribution in [1.82, 2.24) is 9.62 Å². The van der Waals surface area contributed by atoms with Gasteiger partial charge in [0.15, 0.2) is 0 Å². The average molecular weight is 520 g/mol. The van der Waals surface area contributed by atoms with Gasteiger partial charge in [-0.2, -0.15) is 4.31 Å². The summed E-state index contributed by atoms with van der Waals surface area (Å²) in [6, 6.07) is 23.0. The van der Waals surface area contributed by atoms with E-state index in [1.54, 1.807) is 42.5 Å². The summed E-state index contributed by atoms with van der Waals surface area (Å²) in [5.74, 6) is -0.678. The number of rotatable bonds is 9. The molecule has 9 heteroatoms. The second-order valence-corrected chi connectivity index (χ2v) is 10.4. The van der Waals surface area contributed by atoms with Crippen LogP contribution in [0.4, 0.5) is 5.69 Å². The molecule has 1 saturated heterocycles. The van der Waals surface area contributed by atoms with Gasteiger partial charge in [0.2, 0.25) is 15.9 Å². The summed E-state index contributed by atoms with van der Waals surface area (Å²) >= 11 is 0. The molecule has 3 aromatic carbocycles. The topological polar surface area (TPSA) is 105 Å². The molecule has 2 amide bonds. The van der Waals surface area contributed by atoms with E-state index in [2.05, 4.69) is 10.6 Å².